The Kier molecular flexibility index (Phi) is 6.06. The molecule has 3 rings (SSSR count). The summed E-state index contributed by atoms with van der Waals surface area (Å²) >= 11 is 5.95. The number of halogens is 1. The van der Waals surface area contributed by atoms with Crippen molar-refractivity contribution >= 4 is 28.8 Å². The number of nitrogens with one attached hydrogen (secondary N) is 1. The molecule has 0 saturated carbocycles. The van der Waals surface area contributed by atoms with Gasteiger partial charge in [0.15, 0.2) is 5.78 Å². The van der Waals surface area contributed by atoms with Crippen LogP contribution in [0, 0.1) is 17.0 Å². The maximum absolute atomic E-state index is 12.8. The predicted molar refractivity (Wildman–Crippen MR) is 111 cm³/mol. The minimum atomic E-state index is -0.519. The first-order valence-corrected chi connectivity index (χ1v) is 9.17. The lowest BCUT2D eigenvalue weighted by atomic mass is 9.97. The van der Waals surface area contributed by atoms with Crippen LogP contribution >= 0.6 is 11.6 Å². The van der Waals surface area contributed by atoms with Crippen LogP contribution in [0.3, 0.4) is 0 Å². The largest absolute Gasteiger partial charge is 0.378 e. The third-order valence-corrected chi connectivity index (χ3v) is 4.73. The Morgan fingerprint density at radius 1 is 1.07 bits per heavy atom. The zero-order chi connectivity index (χ0) is 20.1. The second-order valence-electron chi connectivity index (χ2n) is 6.53. The molecule has 1 unspecified atom stereocenters. The van der Waals surface area contributed by atoms with E-state index in [4.69, 9.17) is 11.6 Å². The molecule has 6 heteroatoms. The van der Waals surface area contributed by atoms with Gasteiger partial charge in [0.1, 0.15) is 5.02 Å². The van der Waals surface area contributed by atoms with Crippen LogP contribution in [-0.4, -0.2) is 10.7 Å². The summed E-state index contributed by atoms with van der Waals surface area (Å²) in [6, 6.07) is 20.9. The number of aryl methyl sites for hydroxylation is 1. The smallest absolute Gasteiger partial charge is 0.288 e. The van der Waals surface area contributed by atoms with E-state index in [0.29, 0.717) is 11.1 Å². The van der Waals surface area contributed by atoms with Gasteiger partial charge in [-0.15, -0.1) is 0 Å². The van der Waals surface area contributed by atoms with Crippen molar-refractivity contribution in [3.05, 3.63) is 105 Å². The molecule has 0 radical (unpaired) electrons. The number of nitrogens with zero attached hydrogens (tertiary/aromatic N) is 1. The van der Waals surface area contributed by atoms with Crippen LogP contribution < -0.4 is 5.32 Å². The van der Waals surface area contributed by atoms with Crippen molar-refractivity contribution in [1.29, 1.82) is 0 Å². The Hall–Kier alpha value is -3.18. The number of nitro benzene ring substituents is 1. The molecule has 1 atom stereocenters. The third-order valence-electron chi connectivity index (χ3n) is 4.41. The van der Waals surface area contributed by atoms with Gasteiger partial charge in [-0.05, 0) is 36.2 Å². The molecule has 3 aromatic carbocycles. The van der Waals surface area contributed by atoms with Crippen molar-refractivity contribution in [1.82, 2.24) is 0 Å². The third kappa shape index (κ3) is 4.75. The number of rotatable bonds is 7. The molecule has 3 aromatic rings. The molecular formula is C22H19ClN2O3. The normalized spacial score (nSPS) is 11.6. The number of carbonyl (C=O) groups is 1. The lowest BCUT2D eigenvalue weighted by Gasteiger charge is -2.20. The maximum Gasteiger partial charge on any atom is 0.288 e. The highest BCUT2D eigenvalue weighted by molar-refractivity contribution is 6.32. The van der Waals surface area contributed by atoms with E-state index in [9.17, 15) is 14.9 Å². The first kappa shape index (κ1) is 19.6. The van der Waals surface area contributed by atoms with E-state index in [2.05, 4.69) is 5.32 Å². The van der Waals surface area contributed by atoms with Gasteiger partial charge in [0, 0.05) is 23.7 Å². The molecule has 0 bridgehead atoms. The van der Waals surface area contributed by atoms with Crippen molar-refractivity contribution in [2.45, 2.75) is 19.4 Å². The van der Waals surface area contributed by atoms with Gasteiger partial charge in [0.05, 0.1) is 11.0 Å². The number of benzene rings is 3. The van der Waals surface area contributed by atoms with Crippen molar-refractivity contribution in [2.24, 2.45) is 0 Å². The number of nitro groups is 1. The number of anilines is 1. The molecule has 0 fully saturated rings. The SMILES string of the molecule is Cc1cccc(NC(CC(=O)c2ccccc2)c2ccc(Cl)c([N+](=O)[O-])c2)c1. The lowest BCUT2D eigenvalue weighted by Crippen LogP contribution is -2.16. The fourth-order valence-electron chi connectivity index (χ4n) is 3.00. The molecule has 0 aromatic heterocycles. The van der Waals surface area contributed by atoms with E-state index in [-0.39, 0.29) is 22.9 Å². The average molecular weight is 395 g/mol. The minimum absolute atomic E-state index is 0.0524. The molecule has 0 aliphatic heterocycles. The average Bonchev–Trinajstić information content (AvgIpc) is 2.68. The second kappa shape index (κ2) is 8.67. The molecule has 0 spiro atoms. The number of Topliss-reactive ketones (excluding diaryl/α,β-unsaturated/α-hetero) is 1. The molecule has 142 valence electrons. The summed E-state index contributed by atoms with van der Waals surface area (Å²) in [7, 11) is 0. The molecule has 0 heterocycles. The van der Waals surface area contributed by atoms with E-state index in [0.717, 1.165) is 11.3 Å². The molecule has 0 aliphatic rings. The van der Waals surface area contributed by atoms with Gasteiger partial charge in [-0.1, -0.05) is 60.1 Å². The van der Waals surface area contributed by atoms with Crippen molar-refractivity contribution in [2.75, 3.05) is 5.32 Å². The van der Waals surface area contributed by atoms with Gasteiger partial charge in [0.2, 0.25) is 0 Å². The first-order chi connectivity index (χ1) is 13.4. The zero-order valence-electron chi connectivity index (χ0n) is 15.3. The van der Waals surface area contributed by atoms with Crippen LogP contribution in [-0.2, 0) is 0 Å². The summed E-state index contributed by atoms with van der Waals surface area (Å²) in [5, 5.41) is 14.7. The molecule has 28 heavy (non-hydrogen) atoms. The Balaban J connectivity index is 1.95. The summed E-state index contributed by atoms with van der Waals surface area (Å²) < 4.78 is 0. The highest BCUT2D eigenvalue weighted by Gasteiger charge is 2.21. The van der Waals surface area contributed by atoms with E-state index >= 15 is 0 Å². The molecular weight excluding hydrogens is 376 g/mol. The predicted octanol–water partition coefficient (Wildman–Crippen LogP) is 5.98. The monoisotopic (exact) mass is 394 g/mol. The van der Waals surface area contributed by atoms with E-state index in [1.165, 1.54) is 12.1 Å². The fourth-order valence-corrected chi connectivity index (χ4v) is 3.19. The van der Waals surface area contributed by atoms with Gasteiger partial charge >= 0.3 is 0 Å². The maximum atomic E-state index is 12.8. The fraction of sp³-hybridized carbons (Fsp3) is 0.136. The number of carbonyl (C=O) groups excluding carboxylic acids is 1. The van der Waals surface area contributed by atoms with E-state index < -0.39 is 11.0 Å². The standard InChI is InChI=1S/C22H19ClN2O3/c1-15-6-5-9-18(12-15)24-20(14-22(26)16-7-3-2-4-8-16)17-10-11-19(23)21(13-17)25(27)28/h2-13,20,24H,14H2,1H3. The van der Waals surface area contributed by atoms with Gasteiger partial charge in [-0.3, -0.25) is 14.9 Å². The quantitative estimate of drug-likeness (QED) is 0.304. The Morgan fingerprint density at radius 2 is 1.82 bits per heavy atom. The lowest BCUT2D eigenvalue weighted by molar-refractivity contribution is -0.384. The van der Waals surface area contributed by atoms with Crippen molar-refractivity contribution < 1.29 is 9.72 Å². The molecule has 0 saturated heterocycles. The highest BCUT2D eigenvalue weighted by atomic mass is 35.5. The van der Waals surface area contributed by atoms with Crippen LogP contribution in [0.4, 0.5) is 11.4 Å². The molecule has 0 amide bonds. The summed E-state index contributed by atoms with van der Waals surface area (Å²) in [5.74, 6) is -0.0524. The van der Waals surface area contributed by atoms with Gasteiger partial charge < -0.3 is 5.32 Å². The zero-order valence-corrected chi connectivity index (χ0v) is 16.0. The van der Waals surface area contributed by atoms with Crippen molar-refractivity contribution in [3.63, 3.8) is 0 Å². The molecule has 0 aliphatic carbocycles. The van der Waals surface area contributed by atoms with Gasteiger partial charge in [0.25, 0.3) is 5.69 Å². The van der Waals surface area contributed by atoms with Crippen LogP contribution in [0.25, 0.3) is 0 Å². The van der Waals surface area contributed by atoms with Crippen LogP contribution in [0.1, 0.15) is 33.9 Å². The van der Waals surface area contributed by atoms with Crippen molar-refractivity contribution in [3.8, 4) is 0 Å². The minimum Gasteiger partial charge on any atom is -0.378 e. The Morgan fingerprint density at radius 3 is 2.50 bits per heavy atom. The summed E-state index contributed by atoms with van der Waals surface area (Å²) in [6.07, 6.45) is 0.150. The highest BCUT2D eigenvalue weighted by Crippen LogP contribution is 2.31. The number of ketones is 1. The number of hydrogen-bond acceptors (Lipinski definition) is 4. The Bertz CT molecular complexity index is 1010. The van der Waals surface area contributed by atoms with Crippen LogP contribution in [0.2, 0.25) is 5.02 Å². The molecule has 5 nitrogen and oxygen atoms in total. The van der Waals surface area contributed by atoms with E-state index in [1.54, 1.807) is 18.2 Å². The van der Waals surface area contributed by atoms with Crippen LogP contribution in [0.5, 0.6) is 0 Å². The van der Waals surface area contributed by atoms with Gasteiger partial charge in [-0.25, -0.2) is 0 Å². The second-order valence-corrected chi connectivity index (χ2v) is 6.93. The molecule has 1 N–H and O–H groups in total. The summed E-state index contributed by atoms with van der Waals surface area (Å²) in [4.78, 5) is 23.5. The number of hydrogen-bond donors (Lipinski definition) is 1. The van der Waals surface area contributed by atoms with E-state index in [1.807, 2.05) is 49.4 Å². The van der Waals surface area contributed by atoms with Gasteiger partial charge in [-0.2, -0.15) is 0 Å². The summed E-state index contributed by atoms with van der Waals surface area (Å²) in [5.41, 5.74) is 2.95. The Labute approximate surface area is 168 Å². The van der Waals surface area contributed by atoms with Crippen LogP contribution in [0.15, 0.2) is 72.8 Å². The first-order valence-electron chi connectivity index (χ1n) is 8.79. The summed E-state index contributed by atoms with van der Waals surface area (Å²) in [6.45, 7) is 1.97. The topological polar surface area (TPSA) is 72.2 Å².